The molecule has 1 rings (SSSR count). The zero-order valence-electron chi connectivity index (χ0n) is 12.1. The molecule has 0 N–H and O–H groups in total. The predicted molar refractivity (Wildman–Crippen MR) is 83.6 cm³/mol. The lowest BCUT2D eigenvalue weighted by molar-refractivity contribution is 0.108. The summed E-state index contributed by atoms with van der Waals surface area (Å²) in [6, 6.07) is 10.3. The molecule has 106 valence electrons. The van der Waals surface area contributed by atoms with E-state index >= 15 is 0 Å². The predicted octanol–water partition coefficient (Wildman–Crippen LogP) is 5.19. The number of hydrogen-bond donors (Lipinski definition) is 0. The molecule has 1 unspecified atom stereocenters. The Hall–Kier alpha value is -0.790. The minimum atomic E-state index is 0.647. The number of allylic oxidation sites excluding steroid dienone is 2. The van der Waals surface area contributed by atoms with Gasteiger partial charge in [-0.15, -0.1) is 11.6 Å². The second-order valence-corrected chi connectivity index (χ2v) is 5.46. The van der Waals surface area contributed by atoms with Crippen LogP contribution >= 0.6 is 11.6 Å². The summed E-state index contributed by atoms with van der Waals surface area (Å²) >= 11 is 5.74. The van der Waals surface area contributed by atoms with Crippen molar-refractivity contribution < 1.29 is 4.74 Å². The zero-order valence-corrected chi connectivity index (χ0v) is 12.8. The van der Waals surface area contributed by atoms with Crippen LogP contribution in [0.15, 0.2) is 42.0 Å². The van der Waals surface area contributed by atoms with Crippen molar-refractivity contribution in [1.82, 2.24) is 0 Å². The molecule has 19 heavy (non-hydrogen) atoms. The molecule has 1 atom stereocenters. The molecule has 0 aliphatic heterocycles. The van der Waals surface area contributed by atoms with Gasteiger partial charge in [0.25, 0.3) is 0 Å². The summed E-state index contributed by atoms with van der Waals surface area (Å²) in [6.45, 7) is 5.93. The first kappa shape index (κ1) is 16.3. The summed E-state index contributed by atoms with van der Waals surface area (Å²) in [5, 5.41) is 0. The van der Waals surface area contributed by atoms with Crippen molar-refractivity contribution in [3.05, 3.63) is 47.5 Å². The fourth-order valence-electron chi connectivity index (χ4n) is 1.86. The van der Waals surface area contributed by atoms with Crippen molar-refractivity contribution >= 4 is 11.6 Å². The largest absolute Gasteiger partial charge is 0.377 e. The van der Waals surface area contributed by atoms with Crippen LogP contribution in [0.3, 0.4) is 0 Å². The topological polar surface area (TPSA) is 9.23 Å². The highest BCUT2D eigenvalue weighted by Crippen LogP contribution is 2.13. The van der Waals surface area contributed by atoms with Crippen LogP contribution in [0.25, 0.3) is 0 Å². The van der Waals surface area contributed by atoms with E-state index in [4.69, 9.17) is 16.3 Å². The number of hydrogen-bond acceptors (Lipinski definition) is 1. The van der Waals surface area contributed by atoms with Crippen LogP contribution in [0.4, 0.5) is 0 Å². The molecule has 0 heterocycles. The maximum atomic E-state index is 5.74. The molecule has 1 aromatic carbocycles. The minimum Gasteiger partial charge on any atom is -0.377 e. The lowest BCUT2D eigenvalue weighted by atomic mass is 10.0. The van der Waals surface area contributed by atoms with Crippen molar-refractivity contribution in [3.8, 4) is 0 Å². The first-order valence-corrected chi connectivity index (χ1v) is 7.59. The van der Waals surface area contributed by atoms with Crippen molar-refractivity contribution in [2.75, 3.05) is 12.5 Å². The molecular formula is C17H25ClO. The van der Waals surface area contributed by atoms with Gasteiger partial charge < -0.3 is 4.74 Å². The Labute approximate surface area is 122 Å². The second-order valence-electron chi connectivity index (χ2n) is 5.19. The highest BCUT2D eigenvalue weighted by Gasteiger charge is 2.01. The SMILES string of the molecule is C/C(=C\CCC(C)CCOCc1ccccc1)CCl. The highest BCUT2D eigenvalue weighted by molar-refractivity contribution is 6.19. The van der Waals surface area contributed by atoms with Crippen LogP contribution in [-0.2, 0) is 11.3 Å². The smallest absolute Gasteiger partial charge is 0.0716 e. The normalized spacial score (nSPS) is 13.5. The van der Waals surface area contributed by atoms with Crippen LogP contribution in [-0.4, -0.2) is 12.5 Å². The van der Waals surface area contributed by atoms with Crippen LogP contribution in [0.5, 0.6) is 0 Å². The van der Waals surface area contributed by atoms with Gasteiger partial charge in [-0.05, 0) is 37.7 Å². The third kappa shape index (κ3) is 8.07. The number of alkyl halides is 1. The average molecular weight is 281 g/mol. The summed E-state index contributed by atoms with van der Waals surface area (Å²) in [5.41, 5.74) is 2.52. The molecule has 0 aromatic heterocycles. The standard InChI is InChI=1S/C17H25ClO/c1-15(7-6-8-16(2)13-18)11-12-19-14-17-9-4-3-5-10-17/h3-5,8-10,15H,6-7,11-14H2,1-2H3/b16-8+. The quantitative estimate of drug-likeness (QED) is 0.343. The van der Waals surface area contributed by atoms with E-state index in [1.165, 1.54) is 17.6 Å². The summed E-state index contributed by atoms with van der Waals surface area (Å²) in [6.07, 6.45) is 5.70. The van der Waals surface area contributed by atoms with E-state index in [0.717, 1.165) is 26.1 Å². The van der Waals surface area contributed by atoms with Gasteiger partial charge in [0.2, 0.25) is 0 Å². The molecule has 0 aliphatic carbocycles. The van der Waals surface area contributed by atoms with E-state index < -0.39 is 0 Å². The Morgan fingerprint density at radius 1 is 1.26 bits per heavy atom. The first-order chi connectivity index (χ1) is 9.22. The van der Waals surface area contributed by atoms with Crippen LogP contribution < -0.4 is 0 Å². The van der Waals surface area contributed by atoms with Crippen LogP contribution in [0.1, 0.15) is 38.7 Å². The van der Waals surface area contributed by atoms with E-state index in [0.29, 0.717) is 11.8 Å². The van der Waals surface area contributed by atoms with Gasteiger partial charge in [0.1, 0.15) is 0 Å². The third-order valence-corrected chi connectivity index (χ3v) is 3.65. The van der Waals surface area contributed by atoms with Crippen molar-refractivity contribution in [3.63, 3.8) is 0 Å². The number of benzene rings is 1. The van der Waals surface area contributed by atoms with Crippen molar-refractivity contribution in [2.24, 2.45) is 5.92 Å². The zero-order chi connectivity index (χ0) is 13.9. The van der Waals surface area contributed by atoms with E-state index in [9.17, 15) is 0 Å². The molecule has 0 spiro atoms. The Bertz CT molecular complexity index is 359. The maximum absolute atomic E-state index is 5.74. The lowest BCUT2D eigenvalue weighted by Crippen LogP contribution is -2.02. The van der Waals surface area contributed by atoms with Crippen LogP contribution in [0.2, 0.25) is 0 Å². The Balaban J connectivity index is 2.06. The highest BCUT2D eigenvalue weighted by atomic mass is 35.5. The second kappa shape index (κ2) is 10.1. The van der Waals surface area contributed by atoms with Crippen LogP contribution in [0, 0.1) is 5.92 Å². The van der Waals surface area contributed by atoms with Gasteiger partial charge in [-0.3, -0.25) is 0 Å². The molecule has 0 aliphatic rings. The first-order valence-electron chi connectivity index (χ1n) is 7.05. The monoisotopic (exact) mass is 280 g/mol. The van der Waals surface area contributed by atoms with Gasteiger partial charge in [0, 0.05) is 12.5 Å². The third-order valence-electron chi connectivity index (χ3n) is 3.23. The van der Waals surface area contributed by atoms with Gasteiger partial charge in [0.15, 0.2) is 0 Å². The Morgan fingerprint density at radius 3 is 2.68 bits per heavy atom. The summed E-state index contributed by atoms with van der Waals surface area (Å²) < 4.78 is 5.70. The number of rotatable bonds is 9. The maximum Gasteiger partial charge on any atom is 0.0716 e. The molecule has 0 saturated carbocycles. The fraction of sp³-hybridized carbons (Fsp3) is 0.529. The number of ether oxygens (including phenoxy) is 1. The van der Waals surface area contributed by atoms with Gasteiger partial charge in [0.05, 0.1) is 6.61 Å². The average Bonchev–Trinajstić information content (AvgIpc) is 2.44. The summed E-state index contributed by atoms with van der Waals surface area (Å²) in [5.74, 6) is 1.35. The van der Waals surface area contributed by atoms with E-state index in [2.05, 4.69) is 32.1 Å². The molecule has 0 radical (unpaired) electrons. The Morgan fingerprint density at radius 2 is 2.00 bits per heavy atom. The van der Waals surface area contributed by atoms with Gasteiger partial charge in [-0.1, -0.05) is 48.9 Å². The molecule has 0 saturated heterocycles. The van der Waals surface area contributed by atoms with Crippen molar-refractivity contribution in [1.29, 1.82) is 0 Å². The van der Waals surface area contributed by atoms with Gasteiger partial charge in [-0.25, -0.2) is 0 Å². The molecule has 0 amide bonds. The molecule has 1 aromatic rings. The minimum absolute atomic E-state index is 0.647. The molecular weight excluding hydrogens is 256 g/mol. The fourth-order valence-corrected chi connectivity index (χ4v) is 1.97. The Kier molecular flexibility index (Phi) is 8.61. The van der Waals surface area contributed by atoms with Gasteiger partial charge >= 0.3 is 0 Å². The molecule has 2 heteroatoms. The van der Waals surface area contributed by atoms with E-state index in [1.54, 1.807) is 0 Å². The molecule has 1 nitrogen and oxygen atoms in total. The van der Waals surface area contributed by atoms with Gasteiger partial charge in [-0.2, -0.15) is 0 Å². The summed E-state index contributed by atoms with van der Waals surface area (Å²) in [4.78, 5) is 0. The lowest BCUT2D eigenvalue weighted by Gasteiger charge is -2.10. The molecule has 0 bridgehead atoms. The summed E-state index contributed by atoms with van der Waals surface area (Å²) in [7, 11) is 0. The van der Waals surface area contributed by atoms with E-state index in [-0.39, 0.29) is 0 Å². The van der Waals surface area contributed by atoms with Crippen molar-refractivity contribution in [2.45, 2.75) is 39.7 Å². The molecule has 0 fully saturated rings. The van der Waals surface area contributed by atoms with E-state index in [1.807, 2.05) is 18.2 Å². The number of halogens is 1.